The molecule has 0 heterocycles. The highest BCUT2D eigenvalue weighted by Gasteiger charge is 2.30. The van der Waals surface area contributed by atoms with Crippen molar-refractivity contribution >= 4 is 11.6 Å². The lowest BCUT2D eigenvalue weighted by molar-refractivity contribution is -0.132. The average Bonchev–Trinajstić information content (AvgIpc) is 2.67. The summed E-state index contributed by atoms with van der Waals surface area (Å²) < 4.78 is 10.8. The van der Waals surface area contributed by atoms with Gasteiger partial charge in [0.25, 0.3) is 0 Å². The van der Waals surface area contributed by atoms with Gasteiger partial charge in [0, 0.05) is 18.3 Å². The van der Waals surface area contributed by atoms with Crippen molar-refractivity contribution in [2.45, 2.75) is 91.1 Å². The summed E-state index contributed by atoms with van der Waals surface area (Å²) in [6.07, 6.45) is 13.8. The summed E-state index contributed by atoms with van der Waals surface area (Å²) in [6, 6.07) is 0. The molecule has 4 nitrogen and oxygen atoms in total. The minimum atomic E-state index is -0.673. The van der Waals surface area contributed by atoms with E-state index in [2.05, 4.69) is 6.92 Å². The van der Waals surface area contributed by atoms with Gasteiger partial charge in [0.2, 0.25) is 11.6 Å². The van der Waals surface area contributed by atoms with Crippen molar-refractivity contribution in [2.24, 2.45) is 0 Å². The number of allylic oxidation sites excluding steroid dienone is 5. The van der Waals surface area contributed by atoms with Crippen LogP contribution in [0.2, 0.25) is 0 Å². The molecule has 0 aromatic heterocycles. The van der Waals surface area contributed by atoms with Gasteiger partial charge in [-0.2, -0.15) is 0 Å². The molecule has 0 aromatic carbocycles. The molecular weight excluding hydrogens is 352 g/mol. The molecule has 0 aliphatic heterocycles. The molecule has 0 spiro atoms. The first-order chi connectivity index (χ1) is 13.3. The van der Waals surface area contributed by atoms with Gasteiger partial charge in [-0.1, -0.05) is 51.9 Å². The third-order valence-corrected chi connectivity index (χ3v) is 5.48. The lowest BCUT2D eigenvalue weighted by atomic mass is 9.87. The topological polar surface area (TPSA) is 52.6 Å². The van der Waals surface area contributed by atoms with Crippen molar-refractivity contribution in [3.63, 3.8) is 0 Å². The third-order valence-electron chi connectivity index (χ3n) is 5.48. The van der Waals surface area contributed by atoms with E-state index in [4.69, 9.17) is 9.47 Å². The van der Waals surface area contributed by atoms with Crippen LogP contribution in [0, 0.1) is 0 Å². The third kappa shape index (κ3) is 7.05. The SMILES string of the molecule is CCCCCCCCCCC1=C(C)C=C(C=C(OC)C(C)(C)OC)C(=O)C1=O. The maximum absolute atomic E-state index is 12.6. The molecule has 0 amide bonds. The highest BCUT2D eigenvalue weighted by atomic mass is 16.5. The first kappa shape index (κ1) is 24.4. The fourth-order valence-corrected chi connectivity index (χ4v) is 3.41. The van der Waals surface area contributed by atoms with Crippen LogP contribution in [0.3, 0.4) is 0 Å². The molecule has 28 heavy (non-hydrogen) atoms. The van der Waals surface area contributed by atoms with Gasteiger partial charge in [0.15, 0.2) is 0 Å². The van der Waals surface area contributed by atoms with E-state index in [-0.39, 0.29) is 5.78 Å². The molecule has 4 heteroatoms. The summed E-state index contributed by atoms with van der Waals surface area (Å²) in [5.74, 6) is -0.316. The largest absolute Gasteiger partial charge is 0.498 e. The van der Waals surface area contributed by atoms with Crippen LogP contribution in [0.4, 0.5) is 0 Å². The second-order valence-electron chi connectivity index (χ2n) is 8.07. The van der Waals surface area contributed by atoms with Crippen molar-refractivity contribution in [3.8, 4) is 0 Å². The van der Waals surface area contributed by atoms with Gasteiger partial charge in [-0.3, -0.25) is 9.59 Å². The second-order valence-corrected chi connectivity index (χ2v) is 8.07. The van der Waals surface area contributed by atoms with Gasteiger partial charge in [-0.15, -0.1) is 0 Å². The summed E-state index contributed by atoms with van der Waals surface area (Å²) in [5, 5.41) is 0. The predicted octanol–water partition coefficient (Wildman–Crippen LogP) is 5.87. The number of methoxy groups -OCH3 is 2. The monoisotopic (exact) mass is 390 g/mol. The summed E-state index contributed by atoms with van der Waals surface area (Å²) in [5.41, 5.74) is 1.24. The summed E-state index contributed by atoms with van der Waals surface area (Å²) in [4.78, 5) is 25.2. The Balaban J connectivity index is 2.74. The van der Waals surface area contributed by atoms with E-state index >= 15 is 0 Å². The molecular formula is C24H38O4. The van der Waals surface area contributed by atoms with Gasteiger partial charge < -0.3 is 9.47 Å². The number of ketones is 2. The van der Waals surface area contributed by atoms with Crippen molar-refractivity contribution in [2.75, 3.05) is 14.2 Å². The fraction of sp³-hybridized carbons (Fsp3) is 0.667. The zero-order valence-corrected chi connectivity index (χ0v) is 18.7. The number of carbonyl (C=O) groups is 2. The van der Waals surface area contributed by atoms with Gasteiger partial charge in [0.1, 0.15) is 11.4 Å². The Morgan fingerprint density at radius 3 is 2.07 bits per heavy atom. The molecule has 0 bridgehead atoms. The van der Waals surface area contributed by atoms with Crippen LogP contribution in [0.1, 0.15) is 85.5 Å². The number of ether oxygens (including phenoxy) is 2. The Kier molecular flexibility index (Phi) is 10.4. The van der Waals surface area contributed by atoms with Crippen LogP contribution in [0.15, 0.2) is 34.6 Å². The molecule has 0 saturated heterocycles. The van der Waals surface area contributed by atoms with Crippen LogP contribution < -0.4 is 0 Å². The number of unbranched alkanes of at least 4 members (excludes halogenated alkanes) is 7. The first-order valence-corrected chi connectivity index (χ1v) is 10.6. The average molecular weight is 391 g/mol. The Morgan fingerprint density at radius 1 is 0.964 bits per heavy atom. The summed E-state index contributed by atoms with van der Waals surface area (Å²) in [6.45, 7) is 7.84. The Hall–Kier alpha value is -1.68. The molecule has 1 rings (SSSR count). The van der Waals surface area contributed by atoms with E-state index in [9.17, 15) is 9.59 Å². The van der Waals surface area contributed by atoms with Crippen molar-refractivity contribution in [3.05, 3.63) is 34.6 Å². The Labute approximate surface area is 171 Å². The lowest BCUT2D eigenvalue weighted by Gasteiger charge is -2.25. The van der Waals surface area contributed by atoms with E-state index in [1.807, 2.05) is 20.8 Å². The van der Waals surface area contributed by atoms with E-state index < -0.39 is 11.4 Å². The molecule has 0 radical (unpaired) electrons. The molecule has 1 aliphatic carbocycles. The summed E-state index contributed by atoms with van der Waals surface area (Å²) >= 11 is 0. The number of rotatable bonds is 13. The zero-order valence-electron chi connectivity index (χ0n) is 18.7. The predicted molar refractivity (Wildman–Crippen MR) is 114 cm³/mol. The minimum Gasteiger partial charge on any atom is -0.498 e. The van der Waals surface area contributed by atoms with Crippen LogP contribution in [-0.4, -0.2) is 31.4 Å². The number of hydrogen-bond acceptors (Lipinski definition) is 4. The maximum atomic E-state index is 12.6. The van der Waals surface area contributed by atoms with E-state index in [0.29, 0.717) is 23.3 Å². The van der Waals surface area contributed by atoms with E-state index in [0.717, 1.165) is 18.4 Å². The lowest BCUT2D eigenvalue weighted by Crippen LogP contribution is -2.28. The van der Waals surface area contributed by atoms with Crippen molar-refractivity contribution < 1.29 is 19.1 Å². The molecule has 0 saturated carbocycles. The van der Waals surface area contributed by atoms with Crippen LogP contribution in [-0.2, 0) is 19.1 Å². The molecule has 158 valence electrons. The Morgan fingerprint density at radius 2 is 1.54 bits per heavy atom. The normalized spacial score (nSPS) is 15.9. The van der Waals surface area contributed by atoms with Crippen LogP contribution in [0.25, 0.3) is 0 Å². The van der Waals surface area contributed by atoms with Crippen LogP contribution in [0.5, 0.6) is 0 Å². The Bertz CT molecular complexity index is 635. The van der Waals surface area contributed by atoms with E-state index in [1.165, 1.54) is 38.5 Å². The minimum absolute atomic E-state index is 0.365. The molecule has 0 N–H and O–H groups in total. The smallest absolute Gasteiger partial charge is 0.233 e. The quantitative estimate of drug-likeness (QED) is 0.171. The van der Waals surface area contributed by atoms with Gasteiger partial charge >= 0.3 is 0 Å². The highest BCUT2D eigenvalue weighted by molar-refractivity contribution is 6.50. The van der Waals surface area contributed by atoms with Crippen molar-refractivity contribution in [1.29, 1.82) is 0 Å². The van der Waals surface area contributed by atoms with Gasteiger partial charge in [-0.25, -0.2) is 0 Å². The zero-order chi connectivity index (χ0) is 21.2. The number of Topliss-reactive ketones (excluding diaryl/α,β-unsaturated/α-hetero) is 2. The molecule has 1 aliphatic rings. The van der Waals surface area contributed by atoms with Gasteiger partial charge in [0.05, 0.1) is 7.11 Å². The van der Waals surface area contributed by atoms with Gasteiger partial charge in [-0.05, 0) is 51.3 Å². The fourth-order valence-electron chi connectivity index (χ4n) is 3.41. The van der Waals surface area contributed by atoms with E-state index in [1.54, 1.807) is 26.4 Å². The first-order valence-electron chi connectivity index (χ1n) is 10.6. The van der Waals surface area contributed by atoms with Crippen LogP contribution >= 0.6 is 0 Å². The molecule has 0 aromatic rings. The molecule has 0 fully saturated rings. The van der Waals surface area contributed by atoms with Crippen molar-refractivity contribution in [1.82, 2.24) is 0 Å². The number of carbonyl (C=O) groups excluding carboxylic acids is 2. The standard InChI is InChI=1S/C24H38O4/c1-7-8-9-10-11-12-13-14-15-20-18(2)16-19(22(25)23(20)26)17-21(27-5)24(3,4)28-6/h16-17H,7-15H2,1-6H3. The highest BCUT2D eigenvalue weighted by Crippen LogP contribution is 2.27. The molecule has 0 atom stereocenters. The maximum Gasteiger partial charge on any atom is 0.233 e. The summed E-state index contributed by atoms with van der Waals surface area (Å²) in [7, 11) is 3.13. The second kappa shape index (κ2) is 12.0. The number of hydrogen-bond donors (Lipinski definition) is 0. The molecule has 0 unspecified atom stereocenters.